The summed E-state index contributed by atoms with van der Waals surface area (Å²) in [6, 6.07) is 3.58. The van der Waals surface area contributed by atoms with Crippen LogP contribution in [0.5, 0.6) is 5.75 Å². The Kier molecular flexibility index (Phi) is 2.83. The third-order valence-corrected chi connectivity index (χ3v) is 4.47. The third kappa shape index (κ3) is 1.82. The highest BCUT2D eigenvalue weighted by molar-refractivity contribution is 6.33. The minimum atomic E-state index is 0.284. The van der Waals surface area contributed by atoms with E-state index in [0.29, 0.717) is 16.0 Å². The van der Waals surface area contributed by atoms with E-state index in [0.717, 1.165) is 43.5 Å². The Morgan fingerprint density at radius 1 is 1.44 bits per heavy atom. The van der Waals surface area contributed by atoms with Crippen molar-refractivity contribution in [1.82, 2.24) is 5.32 Å². The van der Waals surface area contributed by atoms with E-state index in [1.807, 2.05) is 13.0 Å². The Morgan fingerprint density at radius 2 is 2.17 bits per heavy atom. The van der Waals surface area contributed by atoms with Gasteiger partial charge in [-0.25, -0.2) is 0 Å². The van der Waals surface area contributed by atoms with E-state index in [-0.39, 0.29) is 6.10 Å². The van der Waals surface area contributed by atoms with Gasteiger partial charge in [-0.15, -0.1) is 0 Å². The van der Waals surface area contributed by atoms with Gasteiger partial charge in [0, 0.05) is 29.6 Å². The molecule has 0 bridgehead atoms. The Morgan fingerprint density at radius 3 is 2.72 bits per heavy atom. The van der Waals surface area contributed by atoms with Crippen molar-refractivity contribution in [3.8, 4) is 5.75 Å². The maximum atomic E-state index is 11.0. The summed E-state index contributed by atoms with van der Waals surface area (Å²) >= 11 is 5.97. The first kappa shape index (κ1) is 12.0. The van der Waals surface area contributed by atoms with E-state index in [1.165, 1.54) is 0 Å². The van der Waals surface area contributed by atoms with Gasteiger partial charge in [0.2, 0.25) is 0 Å². The van der Waals surface area contributed by atoms with Crippen LogP contribution in [-0.2, 0) is 0 Å². The van der Waals surface area contributed by atoms with Gasteiger partial charge < -0.3 is 10.1 Å². The van der Waals surface area contributed by atoms with Gasteiger partial charge in [-0.2, -0.15) is 0 Å². The second-order valence-corrected chi connectivity index (χ2v) is 5.86. The fourth-order valence-electron chi connectivity index (χ4n) is 2.88. The number of halogens is 1. The van der Waals surface area contributed by atoms with Gasteiger partial charge in [0.1, 0.15) is 5.75 Å². The lowest BCUT2D eigenvalue weighted by Crippen LogP contribution is -2.62. The molecule has 0 unspecified atom stereocenters. The molecular weight excluding hydrogens is 250 g/mol. The number of rotatable bonds is 3. The van der Waals surface area contributed by atoms with Crippen LogP contribution in [0, 0.1) is 12.3 Å². The minimum Gasteiger partial charge on any atom is -0.490 e. The molecular formula is C14H16ClNO2. The molecule has 1 aliphatic heterocycles. The molecule has 0 aromatic heterocycles. The number of aldehydes is 1. The maximum absolute atomic E-state index is 11.0. The number of nitrogens with one attached hydrogen (secondary N) is 1. The number of hydrogen-bond acceptors (Lipinski definition) is 3. The normalized spacial score (nSPS) is 21.2. The molecule has 1 spiro atoms. The summed E-state index contributed by atoms with van der Waals surface area (Å²) in [6.07, 6.45) is 3.30. The third-order valence-electron chi connectivity index (χ3n) is 4.14. The van der Waals surface area contributed by atoms with Crippen LogP contribution in [0.2, 0.25) is 5.02 Å². The molecule has 2 fully saturated rings. The number of carbonyl (C=O) groups is 1. The van der Waals surface area contributed by atoms with Crippen molar-refractivity contribution >= 4 is 17.9 Å². The summed E-state index contributed by atoms with van der Waals surface area (Å²) in [5.41, 5.74) is 1.87. The average molecular weight is 266 g/mol. The molecule has 0 amide bonds. The van der Waals surface area contributed by atoms with E-state index >= 15 is 0 Å². The molecule has 3 nitrogen and oxygen atoms in total. The standard InChI is InChI=1S/C14H16ClNO2/c1-9-11(6-17)12(15)2-3-13(9)18-10-4-14(5-10)7-16-8-14/h2-3,6,10,16H,4-5,7-8H2,1H3. The van der Waals surface area contributed by atoms with Crippen LogP contribution in [0.4, 0.5) is 0 Å². The van der Waals surface area contributed by atoms with E-state index < -0.39 is 0 Å². The average Bonchev–Trinajstić information content (AvgIpc) is 2.23. The molecule has 1 N–H and O–H groups in total. The first-order valence-corrected chi connectivity index (χ1v) is 6.63. The Hall–Kier alpha value is -1.06. The molecule has 18 heavy (non-hydrogen) atoms. The molecule has 1 saturated carbocycles. The largest absolute Gasteiger partial charge is 0.490 e. The Bertz CT molecular complexity index is 489. The molecule has 4 heteroatoms. The molecule has 1 aliphatic carbocycles. The summed E-state index contributed by atoms with van der Waals surface area (Å²) in [5.74, 6) is 0.786. The number of ether oxygens (including phenoxy) is 1. The highest BCUT2D eigenvalue weighted by Gasteiger charge is 2.49. The lowest BCUT2D eigenvalue weighted by molar-refractivity contribution is -0.0498. The molecule has 1 aromatic carbocycles. The number of benzene rings is 1. The van der Waals surface area contributed by atoms with E-state index in [1.54, 1.807) is 6.07 Å². The van der Waals surface area contributed by atoms with E-state index in [2.05, 4.69) is 5.32 Å². The van der Waals surface area contributed by atoms with Crippen molar-refractivity contribution in [3.63, 3.8) is 0 Å². The maximum Gasteiger partial charge on any atom is 0.151 e. The van der Waals surface area contributed by atoms with Crippen molar-refractivity contribution in [2.24, 2.45) is 5.41 Å². The monoisotopic (exact) mass is 265 g/mol. The summed E-state index contributed by atoms with van der Waals surface area (Å²) in [7, 11) is 0. The fraction of sp³-hybridized carbons (Fsp3) is 0.500. The Balaban J connectivity index is 1.72. The summed E-state index contributed by atoms with van der Waals surface area (Å²) in [4.78, 5) is 11.0. The van der Waals surface area contributed by atoms with Crippen LogP contribution in [-0.4, -0.2) is 25.5 Å². The van der Waals surface area contributed by atoms with Gasteiger partial charge in [-0.1, -0.05) is 11.6 Å². The van der Waals surface area contributed by atoms with Crippen LogP contribution >= 0.6 is 11.6 Å². The molecule has 1 heterocycles. The summed E-state index contributed by atoms with van der Waals surface area (Å²) < 4.78 is 5.96. The van der Waals surface area contributed by atoms with Crippen molar-refractivity contribution < 1.29 is 9.53 Å². The molecule has 3 rings (SSSR count). The first-order chi connectivity index (χ1) is 8.63. The first-order valence-electron chi connectivity index (χ1n) is 6.25. The quantitative estimate of drug-likeness (QED) is 0.854. The predicted octanol–water partition coefficient (Wildman–Crippen LogP) is 2.59. The van der Waals surface area contributed by atoms with Crippen LogP contribution < -0.4 is 10.1 Å². The van der Waals surface area contributed by atoms with Crippen LogP contribution in [0.3, 0.4) is 0 Å². The fourth-order valence-corrected chi connectivity index (χ4v) is 3.13. The molecule has 96 valence electrons. The zero-order valence-electron chi connectivity index (χ0n) is 10.3. The number of hydrogen-bond donors (Lipinski definition) is 1. The second-order valence-electron chi connectivity index (χ2n) is 5.45. The summed E-state index contributed by atoms with van der Waals surface area (Å²) in [6.45, 7) is 4.11. The van der Waals surface area contributed by atoms with Gasteiger partial charge in [-0.3, -0.25) is 4.79 Å². The van der Waals surface area contributed by atoms with Crippen molar-refractivity contribution in [2.75, 3.05) is 13.1 Å². The minimum absolute atomic E-state index is 0.284. The van der Waals surface area contributed by atoms with Gasteiger partial charge >= 0.3 is 0 Å². The highest BCUT2D eigenvalue weighted by atomic mass is 35.5. The van der Waals surface area contributed by atoms with Crippen LogP contribution in [0.15, 0.2) is 12.1 Å². The van der Waals surface area contributed by atoms with Crippen molar-refractivity contribution in [1.29, 1.82) is 0 Å². The zero-order valence-corrected chi connectivity index (χ0v) is 11.1. The summed E-state index contributed by atoms with van der Waals surface area (Å²) in [5, 5.41) is 3.80. The second kappa shape index (κ2) is 4.25. The van der Waals surface area contributed by atoms with Gasteiger partial charge in [-0.05, 0) is 31.9 Å². The topological polar surface area (TPSA) is 38.3 Å². The van der Waals surface area contributed by atoms with Gasteiger partial charge in [0.05, 0.1) is 11.1 Å². The molecule has 0 atom stereocenters. The number of carbonyl (C=O) groups excluding carboxylic acids is 1. The van der Waals surface area contributed by atoms with E-state index in [4.69, 9.17) is 16.3 Å². The molecule has 2 aliphatic rings. The van der Waals surface area contributed by atoms with Crippen molar-refractivity contribution in [2.45, 2.75) is 25.9 Å². The lowest BCUT2D eigenvalue weighted by Gasteiger charge is -2.53. The molecule has 0 radical (unpaired) electrons. The van der Waals surface area contributed by atoms with Crippen LogP contribution in [0.25, 0.3) is 0 Å². The van der Waals surface area contributed by atoms with Crippen molar-refractivity contribution in [3.05, 3.63) is 28.3 Å². The van der Waals surface area contributed by atoms with Gasteiger partial charge in [0.25, 0.3) is 0 Å². The zero-order chi connectivity index (χ0) is 12.8. The van der Waals surface area contributed by atoms with Gasteiger partial charge in [0.15, 0.2) is 6.29 Å². The van der Waals surface area contributed by atoms with Crippen LogP contribution in [0.1, 0.15) is 28.8 Å². The Labute approximate surface area is 111 Å². The van der Waals surface area contributed by atoms with E-state index in [9.17, 15) is 4.79 Å². The highest BCUT2D eigenvalue weighted by Crippen LogP contribution is 2.46. The smallest absolute Gasteiger partial charge is 0.151 e. The molecule has 1 aromatic rings. The lowest BCUT2D eigenvalue weighted by atomic mass is 9.63. The molecule has 1 saturated heterocycles. The SMILES string of the molecule is Cc1c(OC2CC3(CNC3)C2)ccc(Cl)c1C=O. The predicted molar refractivity (Wildman–Crippen MR) is 70.5 cm³/mol.